The number of thiazole rings is 1. The van der Waals surface area contributed by atoms with Crippen molar-refractivity contribution in [2.45, 2.75) is 95.4 Å². The van der Waals surface area contributed by atoms with Gasteiger partial charge in [0.15, 0.2) is 0 Å². The van der Waals surface area contributed by atoms with Crippen LogP contribution < -0.4 is 16.0 Å². The lowest BCUT2D eigenvalue weighted by atomic mass is 9.57. The summed E-state index contributed by atoms with van der Waals surface area (Å²) in [7, 11) is 0. The number of benzene rings is 2. The number of fused-ring (bicyclic) bond motifs is 2. The van der Waals surface area contributed by atoms with Gasteiger partial charge in [0.2, 0.25) is 11.8 Å². The van der Waals surface area contributed by atoms with Crippen LogP contribution in [0, 0.1) is 17.3 Å². The van der Waals surface area contributed by atoms with E-state index in [-0.39, 0.29) is 29.7 Å². The molecule has 1 spiro atoms. The first-order valence-corrected chi connectivity index (χ1v) is 22.1. The molecule has 5 heterocycles. The molecular formula is C45H48F3N7O6S. The van der Waals surface area contributed by atoms with Crippen molar-refractivity contribution in [1.82, 2.24) is 25.1 Å². The smallest absolute Gasteiger partial charge is 0.386 e. The zero-order valence-corrected chi connectivity index (χ0v) is 35.3. The SMILES string of the molecule is CC(C)(O)c1cc2nc([C@H]3CC[C@H](CN4CC5(CC(CCNc6cccc7c6C(=O)N(C6CCC(=O)NC6=O)C7=O)C5)C4)CC3)sc2cc1NC(=O)c1cccc(C(F)(F)F)n1. The quantitative estimate of drug-likeness (QED) is 0.114. The average molecular weight is 872 g/mol. The van der Waals surface area contributed by atoms with E-state index < -0.39 is 53.0 Å². The van der Waals surface area contributed by atoms with Gasteiger partial charge in [-0.25, -0.2) is 9.97 Å². The molecule has 1 unspecified atom stereocenters. The van der Waals surface area contributed by atoms with Crippen molar-refractivity contribution in [3.8, 4) is 0 Å². The van der Waals surface area contributed by atoms with Crippen LogP contribution >= 0.6 is 11.3 Å². The van der Waals surface area contributed by atoms with E-state index in [2.05, 4.69) is 25.8 Å². The van der Waals surface area contributed by atoms with Gasteiger partial charge in [-0.15, -0.1) is 11.3 Å². The summed E-state index contributed by atoms with van der Waals surface area (Å²) < 4.78 is 40.6. The summed E-state index contributed by atoms with van der Waals surface area (Å²) in [5, 5.41) is 20.3. The lowest BCUT2D eigenvalue weighted by Gasteiger charge is -2.60. The Balaban J connectivity index is 0.735. The fourth-order valence-electron chi connectivity index (χ4n) is 10.4. The zero-order valence-electron chi connectivity index (χ0n) is 34.4. The van der Waals surface area contributed by atoms with E-state index in [0.717, 1.165) is 78.5 Å². The van der Waals surface area contributed by atoms with Crippen molar-refractivity contribution in [3.63, 3.8) is 0 Å². The number of hydrogen-bond donors (Lipinski definition) is 4. The highest BCUT2D eigenvalue weighted by Crippen LogP contribution is 2.53. The highest BCUT2D eigenvalue weighted by Gasteiger charge is 2.52. The van der Waals surface area contributed by atoms with Crippen LogP contribution in [0.2, 0.25) is 0 Å². The number of halogens is 3. The molecule has 5 aliphatic rings. The molecule has 62 heavy (non-hydrogen) atoms. The topological polar surface area (TPSA) is 174 Å². The summed E-state index contributed by atoms with van der Waals surface area (Å²) in [5.74, 6) is -1.36. The van der Waals surface area contributed by atoms with Gasteiger partial charge in [0.1, 0.15) is 17.4 Å². The number of hydrogen-bond acceptors (Lipinski definition) is 11. The van der Waals surface area contributed by atoms with Gasteiger partial charge in [-0.05, 0) is 119 Å². The third-order valence-corrected chi connectivity index (χ3v) is 14.5. The molecule has 2 aromatic carbocycles. The monoisotopic (exact) mass is 871 g/mol. The molecule has 4 fully saturated rings. The number of nitrogens with zero attached hydrogens (tertiary/aromatic N) is 4. The first-order chi connectivity index (χ1) is 29.4. The molecule has 5 amide bonds. The molecule has 1 atom stereocenters. The van der Waals surface area contributed by atoms with Crippen LogP contribution in [0.15, 0.2) is 48.5 Å². The summed E-state index contributed by atoms with van der Waals surface area (Å²) in [5.41, 5.74) is 0.0191. The molecule has 326 valence electrons. The lowest BCUT2D eigenvalue weighted by Crippen LogP contribution is -2.63. The Bertz CT molecular complexity index is 2480. The van der Waals surface area contributed by atoms with Crippen LogP contribution in [0.25, 0.3) is 10.2 Å². The van der Waals surface area contributed by atoms with E-state index >= 15 is 0 Å². The Kier molecular flexibility index (Phi) is 10.7. The van der Waals surface area contributed by atoms with Gasteiger partial charge in [0.25, 0.3) is 17.7 Å². The van der Waals surface area contributed by atoms with Crippen molar-refractivity contribution in [2.24, 2.45) is 17.3 Å². The number of rotatable bonds is 11. The molecule has 2 aliphatic carbocycles. The van der Waals surface area contributed by atoms with Crippen molar-refractivity contribution >= 4 is 62.5 Å². The normalized spacial score (nSPS) is 23.0. The first-order valence-electron chi connectivity index (χ1n) is 21.3. The van der Waals surface area contributed by atoms with Crippen molar-refractivity contribution < 1.29 is 42.3 Å². The van der Waals surface area contributed by atoms with Crippen molar-refractivity contribution in [1.29, 1.82) is 0 Å². The molecule has 17 heteroatoms. The van der Waals surface area contributed by atoms with Gasteiger partial charge in [-0.2, -0.15) is 13.2 Å². The predicted octanol–water partition coefficient (Wildman–Crippen LogP) is 7.08. The van der Waals surface area contributed by atoms with Gasteiger partial charge in [0.05, 0.1) is 32.0 Å². The number of imide groups is 2. The Morgan fingerprint density at radius 3 is 2.39 bits per heavy atom. The number of aromatic nitrogens is 2. The van der Waals surface area contributed by atoms with E-state index in [1.54, 1.807) is 55.5 Å². The van der Waals surface area contributed by atoms with Crippen molar-refractivity contribution in [2.75, 3.05) is 36.8 Å². The molecule has 0 radical (unpaired) electrons. The molecule has 4 N–H and O–H groups in total. The number of carbonyl (C=O) groups is 5. The summed E-state index contributed by atoms with van der Waals surface area (Å²) in [6.07, 6.45) is 3.03. The molecule has 2 aromatic heterocycles. The molecule has 9 rings (SSSR count). The molecular weight excluding hydrogens is 824 g/mol. The van der Waals surface area contributed by atoms with E-state index in [4.69, 9.17) is 4.98 Å². The maximum atomic E-state index is 13.4. The average Bonchev–Trinajstić information content (AvgIpc) is 3.73. The number of anilines is 2. The summed E-state index contributed by atoms with van der Waals surface area (Å²) >= 11 is 1.55. The van der Waals surface area contributed by atoms with Crippen molar-refractivity contribution in [3.05, 3.63) is 81.6 Å². The fourth-order valence-corrected chi connectivity index (χ4v) is 11.5. The molecule has 2 saturated heterocycles. The van der Waals surface area contributed by atoms with Gasteiger partial charge in [0, 0.05) is 55.5 Å². The predicted molar refractivity (Wildman–Crippen MR) is 225 cm³/mol. The highest BCUT2D eigenvalue weighted by molar-refractivity contribution is 7.18. The van der Waals surface area contributed by atoms with Gasteiger partial charge in [-0.1, -0.05) is 12.1 Å². The van der Waals surface area contributed by atoms with Crippen LogP contribution in [0.1, 0.15) is 125 Å². The minimum Gasteiger partial charge on any atom is -0.386 e. The number of carbonyl (C=O) groups excluding carboxylic acids is 5. The standard InChI is InChI=1S/C45H48F3N7O6S/c1-43(2,61)28-17-32-34(18-31(28)51-38(57)30-7-4-8-35(50-30)45(46,47)48)62-40(52-32)26-11-9-24(10-12-26)21-54-22-44(23-54)19-25(20-44)15-16-49-29-6-3-5-27-37(29)42(60)55(41(27)59)33-13-14-36(56)53-39(33)58/h3-8,17-18,24-26,33,49,61H,9-16,19-23H2,1-2H3,(H,51,57)(H,53,56,58)/t24-,26-,33?. The summed E-state index contributed by atoms with van der Waals surface area (Å²) in [6.45, 7) is 7.13. The Hall–Kier alpha value is -5.26. The largest absolute Gasteiger partial charge is 0.433 e. The maximum absolute atomic E-state index is 13.4. The lowest BCUT2D eigenvalue weighted by molar-refractivity contribution is -0.141. The zero-order chi connectivity index (χ0) is 43.7. The van der Waals surface area contributed by atoms with E-state index in [1.165, 1.54) is 18.9 Å². The third-order valence-electron chi connectivity index (χ3n) is 13.3. The van der Waals surface area contributed by atoms with E-state index in [9.17, 15) is 42.3 Å². The van der Waals surface area contributed by atoms with Crippen LogP contribution in [-0.4, -0.2) is 86.6 Å². The van der Waals surface area contributed by atoms with Crippen LogP contribution in [0.3, 0.4) is 0 Å². The van der Waals surface area contributed by atoms with Crippen LogP contribution in [0.5, 0.6) is 0 Å². The minimum absolute atomic E-state index is 0.0760. The number of amides is 5. The Labute approximate surface area is 359 Å². The number of likely N-dealkylation sites (tertiary alicyclic amines) is 1. The number of aliphatic hydroxyl groups is 1. The van der Waals surface area contributed by atoms with Gasteiger partial charge >= 0.3 is 6.18 Å². The Morgan fingerprint density at radius 2 is 1.68 bits per heavy atom. The van der Waals surface area contributed by atoms with Crippen LogP contribution in [0.4, 0.5) is 24.5 Å². The second-order valence-corrected chi connectivity index (χ2v) is 19.5. The molecule has 4 aromatic rings. The number of alkyl halides is 3. The summed E-state index contributed by atoms with van der Waals surface area (Å²) in [6, 6.07) is 10.8. The first kappa shape index (κ1) is 42.1. The molecule has 3 aliphatic heterocycles. The maximum Gasteiger partial charge on any atom is 0.433 e. The number of piperidine rings is 1. The fraction of sp³-hybridized carbons (Fsp3) is 0.489. The Morgan fingerprint density at radius 1 is 0.935 bits per heavy atom. The third kappa shape index (κ3) is 8.10. The number of nitrogens with one attached hydrogen (secondary N) is 3. The highest BCUT2D eigenvalue weighted by atomic mass is 32.1. The molecule has 2 saturated carbocycles. The van der Waals surface area contributed by atoms with E-state index in [1.807, 2.05) is 0 Å². The minimum atomic E-state index is -4.69. The second-order valence-electron chi connectivity index (χ2n) is 18.4. The van der Waals surface area contributed by atoms with Gasteiger partial charge in [-0.3, -0.25) is 34.2 Å². The van der Waals surface area contributed by atoms with Crippen LogP contribution in [-0.2, 0) is 21.4 Å². The second kappa shape index (κ2) is 15.8. The summed E-state index contributed by atoms with van der Waals surface area (Å²) in [4.78, 5) is 75.9. The molecule has 0 bridgehead atoms. The molecule has 13 nitrogen and oxygen atoms in total. The van der Waals surface area contributed by atoms with E-state index in [0.29, 0.717) is 52.2 Å². The van der Waals surface area contributed by atoms with Gasteiger partial charge < -0.3 is 20.6 Å². The number of pyridine rings is 1.